The van der Waals surface area contributed by atoms with E-state index in [1.54, 1.807) is 43.6 Å². The van der Waals surface area contributed by atoms with Gasteiger partial charge in [-0.25, -0.2) is 8.42 Å². The lowest BCUT2D eigenvalue weighted by Gasteiger charge is -2.25. The third kappa shape index (κ3) is 4.21. The van der Waals surface area contributed by atoms with Crippen LogP contribution in [0.3, 0.4) is 0 Å². The number of pyridine rings is 1. The van der Waals surface area contributed by atoms with Crippen LogP contribution >= 0.6 is 0 Å². The monoisotopic (exact) mass is 368 g/mol. The molecule has 0 saturated carbocycles. The van der Waals surface area contributed by atoms with Crippen LogP contribution < -0.4 is 9.04 Å². The van der Waals surface area contributed by atoms with Gasteiger partial charge in [0, 0.05) is 12.4 Å². The molecule has 3 rings (SSSR count). The Balaban J connectivity index is 2.01. The Bertz CT molecular complexity index is 945. The third-order valence-electron chi connectivity index (χ3n) is 3.85. The van der Waals surface area contributed by atoms with Gasteiger partial charge in [0.25, 0.3) is 0 Å². The van der Waals surface area contributed by atoms with E-state index in [9.17, 15) is 8.42 Å². The summed E-state index contributed by atoms with van der Waals surface area (Å²) in [5.41, 5.74) is 1.31. The minimum atomic E-state index is -3.50. The Labute approximate surface area is 153 Å². The molecule has 2 aromatic carbocycles. The summed E-state index contributed by atoms with van der Waals surface area (Å²) in [4.78, 5) is 4.08. The summed E-state index contributed by atoms with van der Waals surface area (Å²) < 4.78 is 32.8. The largest absolute Gasteiger partial charge is 0.455 e. The number of anilines is 1. The molecule has 0 aliphatic heterocycles. The summed E-state index contributed by atoms with van der Waals surface area (Å²) in [5, 5.41) is 0. The van der Waals surface area contributed by atoms with Gasteiger partial charge in [0.1, 0.15) is 5.75 Å². The van der Waals surface area contributed by atoms with Crippen molar-refractivity contribution >= 4 is 15.7 Å². The Morgan fingerprint density at radius 3 is 2.38 bits per heavy atom. The molecule has 3 aromatic rings. The first-order chi connectivity index (χ1) is 12.6. The molecule has 0 fully saturated rings. The van der Waals surface area contributed by atoms with Gasteiger partial charge in [0.2, 0.25) is 10.0 Å². The third-order valence-corrected chi connectivity index (χ3v) is 5.58. The van der Waals surface area contributed by atoms with Gasteiger partial charge < -0.3 is 4.74 Å². The molecule has 0 aliphatic carbocycles. The zero-order chi connectivity index (χ0) is 18.4. The van der Waals surface area contributed by atoms with Crippen LogP contribution in [0.25, 0.3) is 0 Å². The predicted octanol–water partition coefficient (Wildman–Crippen LogP) is 4.23. The molecule has 0 unspecified atom stereocenters. The Morgan fingerprint density at radius 1 is 0.962 bits per heavy atom. The lowest BCUT2D eigenvalue weighted by molar-refractivity contribution is 0.482. The second-order valence-corrected chi connectivity index (χ2v) is 7.83. The summed E-state index contributed by atoms with van der Waals surface area (Å²) >= 11 is 0. The average molecular weight is 368 g/mol. The molecular weight excluding hydrogens is 348 g/mol. The highest BCUT2D eigenvalue weighted by atomic mass is 32.2. The maximum Gasteiger partial charge on any atom is 0.235 e. The van der Waals surface area contributed by atoms with Gasteiger partial charge in [0.15, 0.2) is 5.75 Å². The number of aromatic nitrogens is 1. The molecule has 0 aliphatic rings. The SMILES string of the molecule is CCS(=O)(=O)N(Cc1cccnc1)c1ccccc1Oc1ccccc1. The van der Waals surface area contributed by atoms with E-state index in [0.717, 1.165) is 5.56 Å². The predicted molar refractivity (Wildman–Crippen MR) is 103 cm³/mol. The van der Waals surface area contributed by atoms with Crippen molar-refractivity contribution < 1.29 is 13.2 Å². The topological polar surface area (TPSA) is 59.5 Å². The number of para-hydroxylation sites is 3. The second kappa shape index (κ2) is 8.01. The fraction of sp³-hybridized carbons (Fsp3) is 0.150. The normalized spacial score (nSPS) is 11.1. The summed E-state index contributed by atoms with van der Waals surface area (Å²) in [6.45, 7) is 1.82. The molecule has 134 valence electrons. The first kappa shape index (κ1) is 17.9. The van der Waals surface area contributed by atoms with E-state index in [0.29, 0.717) is 17.2 Å². The van der Waals surface area contributed by atoms with Crippen LogP contribution in [0, 0.1) is 0 Å². The lowest BCUT2D eigenvalue weighted by atomic mass is 10.2. The van der Waals surface area contributed by atoms with E-state index in [1.165, 1.54) is 4.31 Å². The van der Waals surface area contributed by atoms with Crippen molar-refractivity contribution in [2.75, 3.05) is 10.1 Å². The molecule has 0 radical (unpaired) electrons. The van der Waals surface area contributed by atoms with Crippen LogP contribution in [0.4, 0.5) is 5.69 Å². The molecule has 0 amide bonds. The number of rotatable bonds is 7. The molecular formula is C20H20N2O3S. The highest BCUT2D eigenvalue weighted by molar-refractivity contribution is 7.92. The van der Waals surface area contributed by atoms with E-state index < -0.39 is 10.0 Å². The van der Waals surface area contributed by atoms with Gasteiger partial charge in [-0.05, 0) is 42.8 Å². The second-order valence-electron chi connectivity index (χ2n) is 5.65. The van der Waals surface area contributed by atoms with Crippen molar-refractivity contribution in [1.82, 2.24) is 4.98 Å². The van der Waals surface area contributed by atoms with Gasteiger partial charge in [-0.15, -0.1) is 0 Å². The number of nitrogens with zero attached hydrogens (tertiary/aromatic N) is 2. The van der Waals surface area contributed by atoms with Gasteiger partial charge in [-0.2, -0.15) is 0 Å². The summed E-state index contributed by atoms with van der Waals surface area (Å²) in [5.74, 6) is 1.13. The number of hydrogen-bond donors (Lipinski definition) is 0. The van der Waals surface area contributed by atoms with E-state index in [4.69, 9.17) is 4.74 Å². The Hall–Kier alpha value is -2.86. The molecule has 0 atom stereocenters. The first-order valence-corrected chi connectivity index (χ1v) is 9.92. The van der Waals surface area contributed by atoms with Crippen LogP contribution in [-0.2, 0) is 16.6 Å². The molecule has 1 heterocycles. The molecule has 5 nitrogen and oxygen atoms in total. The van der Waals surface area contributed by atoms with Gasteiger partial charge >= 0.3 is 0 Å². The minimum Gasteiger partial charge on any atom is -0.455 e. The van der Waals surface area contributed by atoms with Crippen LogP contribution in [0.2, 0.25) is 0 Å². The highest BCUT2D eigenvalue weighted by Crippen LogP contribution is 2.34. The number of sulfonamides is 1. The minimum absolute atomic E-state index is 0.00701. The quantitative estimate of drug-likeness (QED) is 0.626. The number of ether oxygens (including phenoxy) is 1. The van der Waals surface area contributed by atoms with Gasteiger partial charge in [-0.1, -0.05) is 36.4 Å². The molecule has 6 heteroatoms. The number of benzene rings is 2. The van der Waals surface area contributed by atoms with E-state index in [-0.39, 0.29) is 12.3 Å². The molecule has 26 heavy (non-hydrogen) atoms. The Kier molecular flexibility index (Phi) is 5.53. The molecule has 0 spiro atoms. The summed E-state index contributed by atoms with van der Waals surface area (Å²) in [6.07, 6.45) is 3.33. The Morgan fingerprint density at radius 2 is 1.69 bits per heavy atom. The van der Waals surface area contributed by atoms with E-state index in [2.05, 4.69) is 4.98 Å². The maximum atomic E-state index is 12.8. The van der Waals surface area contributed by atoms with Crippen LogP contribution in [0.5, 0.6) is 11.5 Å². The summed E-state index contributed by atoms with van der Waals surface area (Å²) in [6, 6.07) is 20.1. The first-order valence-electron chi connectivity index (χ1n) is 8.31. The standard InChI is InChI=1S/C20H20N2O3S/c1-2-26(23,24)22(16-17-9-8-14-21-15-17)19-12-6-7-13-20(19)25-18-10-4-3-5-11-18/h3-15H,2,16H2,1H3. The van der Waals surface area contributed by atoms with Crippen molar-refractivity contribution in [3.8, 4) is 11.5 Å². The van der Waals surface area contributed by atoms with E-state index >= 15 is 0 Å². The molecule has 0 bridgehead atoms. The average Bonchev–Trinajstić information content (AvgIpc) is 2.68. The fourth-order valence-corrected chi connectivity index (χ4v) is 3.62. The van der Waals surface area contributed by atoms with Gasteiger partial charge in [-0.3, -0.25) is 9.29 Å². The van der Waals surface area contributed by atoms with Crippen LogP contribution in [-0.4, -0.2) is 19.2 Å². The van der Waals surface area contributed by atoms with Crippen molar-refractivity contribution in [2.24, 2.45) is 0 Å². The number of hydrogen-bond acceptors (Lipinski definition) is 4. The lowest BCUT2D eigenvalue weighted by Crippen LogP contribution is -2.32. The fourth-order valence-electron chi connectivity index (χ4n) is 2.51. The van der Waals surface area contributed by atoms with Crippen molar-refractivity contribution in [3.63, 3.8) is 0 Å². The van der Waals surface area contributed by atoms with Crippen LogP contribution in [0.15, 0.2) is 79.1 Å². The van der Waals surface area contributed by atoms with Gasteiger partial charge in [0.05, 0.1) is 18.0 Å². The zero-order valence-corrected chi connectivity index (χ0v) is 15.3. The van der Waals surface area contributed by atoms with E-state index in [1.807, 2.05) is 42.5 Å². The molecule has 1 aromatic heterocycles. The van der Waals surface area contributed by atoms with Crippen molar-refractivity contribution in [3.05, 3.63) is 84.7 Å². The molecule has 0 N–H and O–H groups in total. The van der Waals surface area contributed by atoms with Crippen molar-refractivity contribution in [2.45, 2.75) is 13.5 Å². The highest BCUT2D eigenvalue weighted by Gasteiger charge is 2.24. The van der Waals surface area contributed by atoms with Crippen LogP contribution in [0.1, 0.15) is 12.5 Å². The zero-order valence-electron chi connectivity index (χ0n) is 14.4. The summed E-state index contributed by atoms with van der Waals surface area (Å²) in [7, 11) is -3.50. The maximum absolute atomic E-state index is 12.8. The molecule has 0 saturated heterocycles. The van der Waals surface area contributed by atoms with Crippen molar-refractivity contribution in [1.29, 1.82) is 0 Å². The smallest absolute Gasteiger partial charge is 0.235 e.